The lowest BCUT2D eigenvalue weighted by molar-refractivity contribution is -0.300. The number of alkyl carbamates (subject to hydrolysis) is 1. The van der Waals surface area contributed by atoms with Crippen LogP contribution in [0.2, 0.25) is 0 Å². The summed E-state index contributed by atoms with van der Waals surface area (Å²) in [5, 5.41) is 66.1. The summed E-state index contributed by atoms with van der Waals surface area (Å²) in [5.74, 6) is -9.72. The van der Waals surface area contributed by atoms with Gasteiger partial charge in [-0.3, -0.25) is 19.2 Å². The van der Waals surface area contributed by atoms with E-state index in [1.54, 1.807) is 65.0 Å². The maximum absolute atomic E-state index is 14.7. The zero-order valence-corrected chi connectivity index (χ0v) is 49.1. The van der Waals surface area contributed by atoms with Gasteiger partial charge in [0.15, 0.2) is 12.1 Å². The Balaban J connectivity index is 1.38. The van der Waals surface area contributed by atoms with Crippen molar-refractivity contribution in [2.45, 2.75) is 211 Å². The molecule has 2 bridgehead atoms. The molecule has 0 aromatic heterocycles. The van der Waals surface area contributed by atoms with Crippen LogP contribution in [0.3, 0.4) is 0 Å². The minimum absolute atomic E-state index is 0.0394. The van der Waals surface area contributed by atoms with Crippen LogP contribution in [-0.4, -0.2) is 204 Å². The van der Waals surface area contributed by atoms with Gasteiger partial charge in [0.2, 0.25) is 5.79 Å². The Morgan fingerprint density at radius 2 is 1.62 bits per heavy atom. The number of aliphatic hydroxyl groups is 6. The molecule has 4 fully saturated rings. The van der Waals surface area contributed by atoms with Crippen LogP contribution in [0.1, 0.15) is 130 Å². The molecule has 82 heavy (non-hydrogen) atoms. The number of ether oxygens (including phenoxy) is 8. The predicted molar refractivity (Wildman–Crippen MR) is 297 cm³/mol. The number of methoxy groups -OCH3 is 3. The second-order valence-corrected chi connectivity index (χ2v) is 23.3. The zero-order valence-electron chi connectivity index (χ0n) is 52.1. The van der Waals surface area contributed by atoms with E-state index in [-0.39, 0.29) is 68.8 Å². The van der Waals surface area contributed by atoms with Gasteiger partial charge in [0, 0.05) is 64.9 Å². The van der Waals surface area contributed by atoms with Crippen molar-refractivity contribution in [2.75, 3.05) is 47.6 Å². The van der Waals surface area contributed by atoms with E-state index in [0.717, 1.165) is 4.90 Å². The summed E-state index contributed by atoms with van der Waals surface area (Å²) in [6.45, 7) is 11.0. The van der Waals surface area contributed by atoms with Crippen molar-refractivity contribution in [3.05, 3.63) is 47.6 Å². The van der Waals surface area contributed by atoms with Gasteiger partial charge in [-0.1, -0.05) is 71.1 Å². The molecule has 20 atom stereocenters. The Bertz CT molecular complexity index is 2370. The molecule has 8 unspecified atom stereocenters. The summed E-state index contributed by atoms with van der Waals surface area (Å²) in [4.78, 5) is 85.9. The van der Waals surface area contributed by atoms with E-state index in [0.29, 0.717) is 62.5 Å². The number of aliphatic hydroxyl groups excluding tert-OH is 5. The number of carbonyl (C=O) groups is 6. The van der Waals surface area contributed by atoms with E-state index in [1.165, 1.54) is 14.2 Å². The number of hydrogen-bond donors (Lipinski definition) is 7. The average molecular weight is 1170 g/mol. The smallest absolute Gasteiger partial charge is 0.407 e. The van der Waals surface area contributed by atoms with Gasteiger partial charge in [-0.05, 0) is 107 Å². The molecule has 5 aliphatic rings. The summed E-state index contributed by atoms with van der Waals surface area (Å²) in [7, 11) is -0.0313. The number of amides is 2. The number of ketones is 3. The van der Waals surface area contributed by atoms with Crippen molar-refractivity contribution in [3.63, 3.8) is 0 Å². The quantitative estimate of drug-likeness (QED) is 0.0634. The Kier molecular flexibility index (Phi) is 25.1. The molecule has 1 aliphatic carbocycles. The van der Waals surface area contributed by atoms with E-state index in [1.807, 2.05) is 19.9 Å². The van der Waals surface area contributed by atoms with E-state index in [2.05, 4.69) is 5.32 Å². The molecule has 22 heteroatoms. The van der Waals surface area contributed by atoms with Crippen molar-refractivity contribution in [1.82, 2.24) is 10.2 Å². The molecule has 7 N–H and O–H groups in total. The summed E-state index contributed by atoms with van der Waals surface area (Å²) in [5.41, 5.74) is 0.800. The van der Waals surface area contributed by atoms with Crippen LogP contribution in [0.4, 0.5) is 4.79 Å². The summed E-state index contributed by atoms with van der Waals surface area (Å²) in [6, 6.07) is -1.29. The molecule has 3 saturated heterocycles. The molecule has 22 nitrogen and oxygen atoms in total. The van der Waals surface area contributed by atoms with Crippen molar-refractivity contribution in [1.29, 1.82) is 0 Å². The molecule has 0 aromatic carbocycles. The number of piperidine rings is 1. The van der Waals surface area contributed by atoms with E-state index >= 15 is 0 Å². The molecule has 5 rings (SSSR count). The van der Waals surface area contributed by atoms with Crippen molar-refractivity contribution < 1.29 is 101 Å². The van der Waals surface area contributed by atoms with Crippen LogP contribution < -0.4 is 5.32 Å². The second kappa shape index (κ2) is 32.3. The lowest BCUT2D eigenvalue weighted by Gasteiger charge is -2.42. The highest BCUT2D eigenvalue weighted by molar-refractivity contribution is 6.39. The molecular formula is C60H94N2O20. The number of carbonyl (C=O) groups excluding carboxylic acids is 6. The fourth-order valence-corrected chi connectivity index (χ4v) is 11.8. The van der Waals surface area contributed by atoms with Gasteiger partial charge in [-0.15, -0.1) is 0 Å². The monoisotopic (exact) mass is 1170 g/mol. The topological polar surface area (TPSA) is 313 Å². The third kappa shape index (κ3) is 18.1. The summed E-state index contributed by atoms with van der Waals surface area (Å²) < 4.78 is 69.6. The first kappa shape index (κ1) is 63.7. The minimum atomic E-state index is -2.83. The van der Waals surface area contributed by atoms with Crippen molar-refractivity contribution >= 4 is 35.3 Å². The lowest BCUT2D eigenvalue weighted by Crippen LogP contribution is -2.61. The second-order valence-electron chi connectivity index (χ2n) is 23.3. The number of cyclic esters (lactones) is 1. The van der Waals surface area contributed by atoms with Gasteiger partial charge in [0.25, 0.3) is 11.7 Å². The first-order valence-corrected chi connectivity index (χ1v) is 29.0. The molecule has 1 saturated carbocycles. The van der Waals surface area contributed by atoms with Gasteiger partial charge in [-0.25, -0.2) is 9.59 Å². The fourth-order valence-electron chi connectivity index (χ4n) is 11.8. The molecule has 4 aliphatic heterocycles. The number of rotatable bonds is 12. The Labute approximate surface area is 487 Å². The highest BCUT2D eigenvalue weighted by Gasteiger charge is 2.53. The average Bonchev–Trinajstić information content (AvgIpc) is 3.03. The molecular weight excluding hydrogens is 1070 g/mol. The molecule has 0 radical (unpaired) electrons. The van der Waals surface area contributed by atoms with E-state index in [9.17, 15) is 59.4 Å². The maximum Gasteiger partial charge on any atom is 0.407 e. The van der Waals surface area contributed by atoms with E-state index in [4.69, 9.17) is 42.0 Å². The molecule has 0 spiro atoms. The van der Waals surface area contributed by atoms with Gasteiger partial charge >= 0.3 is 12.1 Å². The van der Waals surface area contributed by atoms with Crippen LogP contribution in [0, 0.1) is 35.5 Å². The molecule has 464 valence electrons. The molecule has 4 heterocycles. The number of allylic oxidation sites excluding steroid dienone is 6. The van der Waals surface area contributed by atoms with Gasteiger partial charge in [0.05, 0.1) is 35.6 Å². The van der Waals surface area contributed by atoms with Crippen molar-refractivity contribution in [3.8, 4) is 0 Å². The number of fused-ring (bicyclic) bond motifs is 3. The number of nitrogens with zero attached hydrogens (tertiary/aromatic N) is 1. The maximum atomic E-state index is 14.7. The number of esters is 1. The van der Waals surface area contributed by atoms with Gasteiger partial charge < -0.3 is 78.8 Å². The first-order chi connectivity index (χ1) is 40.0. The largest absolute Gasteiger partial charge is 0.460 e. The summed E-state index contributed by atoms with van der Waals surface area (Å²) >= 11 is 0. The Hall–Kier alpha value is -4.30. The van der Waals surface area contributed by atoms with Crippen LogP contribution in [0.25, 0.3) is 0 Å². The molecule has 2 amide bonds. The Morgan fingerprint density at radius 3 is 2.32 bits per heavy atom. The normalized spacial score (nSPS) is 40.7. The third-order valence-corrected chi connectivity index (χ3v) is 17.1. The fraction of sp³-hybridized carbons (Fsp3) is 0.767. The van der Waals surface area contributed by atoms with Crippen LogP contribution in [0.15, 0.2) is 47.6 Å². The standard InChI is InChI=1S/C60H94N2O20/c1-33-16-12-11-13-17-34(2)45(75-8)30-41-21-19-39(7)60(74,82-41)55(70)56(71)62-24-15-14-18-42(62)57(72)79-46(31-43(64)35(3)27-38(6)50(66)54(77-10)49(65)37(5)26-33)36(4)28-40-20-22-44(47(29-40)76-9)81-59(73)61-23-25-78-58-53(69)52(68)51(67)48(32-63)80-58/h11-13,16-17,27,33,35-37,39-42,44-48,50-54,58,63,66-69,74H,14-15,18-26,28-32H2,1-10H3,(H,61,73)/b13-11+,16-12+,34-17+,38-27+/t33-,35-,36-,37-,39-,40+,41?,42+,44-,45+,46?,47-,48?,50-,51?,52?,53?,54+,58?,60?/m1/s1/i8D3. The highest BCUT2D eigenvalue weighted by Crippen LogP contribution is 2.38. The summed E-state index contributed by atoms with van der Waals surface area (Å²) in [6.07, 6.45) is -1.65. The minimum Gasteiger partial charge on any atom is -0.460 e. The van der Waals surface area contributed by atoms with Crippen LogP contribution in [-0.2, 0) is 61.9 Å². The lowest BCUT2D eigenvalue weighted by atomic mass is 9.78. The van der Waals surface area contributed by atoms with Crippen molar-refractivity contribution in [2.24, 2.45) is 35.5 Å². The number of nitrogens with one attached hydrogen (secondary N) is 1. The van der Waals surface area contributed by atoms with Gasteiger partial charge in [0.1, 0.15) is 60.7 Å². The predicted octanol–water partition coefficient (Wildman–Crippen LogP) is 3.73. The number of Topliss-reactive ketones (excluding diaryl/α,β-unsaturated/α-hetero) is 3. The highest BCUT2D eigenvalue weighted by atomic mass is 16.7. The zero-order chi connectivity index (χ0) is 63.1. The first-order valence-electron chi connectivity index (χ1n) is 30.5. The van der Waals surface area contributed by atoms with E-state index < -0.39 is 146 Å². The Morgan fingerprint density at radius 1 is 0.878 bits per heavy atom. The molecule has 0 aromatic rings. The van der Waals surface area contributed by atoms with Crippen LogP contribution >= 0.6 is 0 Å². The SMILES string of the molecule is [2H]C([2H])([2H])O[C@H]1CC2CC[C@@H](C)C(O)(O2)C(=O)C(=O)N2CCCC[C@H]2C(=O)OC([C@H](C)C[C@@H]2CC[C@@H](OC(=O)NCCOC3OC(CO)C(O)C(O)C3O)[C@H](OC)C2)CC(=O)[C@H](C)/C=C(\C)[C@@H](O)[C@@H](OC)C(=O)[C@H](C)C[C@H](C)/C=C/C=C/C=C/1C. The third-order valence-electron chi connectivity index (χ3n) is 17.1. The number of hydrogen-bond acceptors (Lipinski definition) is 20. The van der Waals surface area contributed by atoms with Crippen LogP contribution in [0.5, 0.6) is 0 Å². The van der Waals surface area contributed by atoms with Gasteiger partial charge in [-0.2, -0.15) is 0 Å².